The summed E-state index contributed by atoms with van der Waals surface area (Å²) in [5, 5.41) is 3.06. The van der Waals surface area contributed by atoms with Crippen LogP contribution in [0.15, 0.2) is 0 Å². The lowest BCUT2D eigenvalue weighted by Gasteiger charge is -2.25. The third kappa shape index (κ3) is 2.77. The second-order valence-electron chi connectivity index (χ2n) is 5.33. The summed E-state index contributed by atoms with van der Waals surface area (Å²) in [5.74, 6) is 4.66. The molecule has 1 aromatic heterocycles. The second-order valence-corrected chi connectivity index (χ2v) is 6.48. The first-order valence-corrected chi connectivity index (χ1v) is 8.43. The van der Waals surface area contributed by atoms with Crippen LogP contribution in [0, 0.1) is 0 Å². The fourth-order valence-electron chi connectivity index (χ4n) is 2.67. The summed E-state index contributed by atoms with van der Waals surface area (Å²) in [6.45, 7) is 2.10. The summed E-state index contributed by atoms with van der Waals surface area (Å²) < 4.78 is 0. The van der Waals surface area contributed by atoms with Gasteiger partial charge >= 0.3 is 0 Å². The van der Waals surface area contributed by atoms with Gasteiger partial charge in [0.2, 0.25) is 17.8 Å². The van der Waals surface area contributed by atoms with Gasteiger partial charge in [0.15, 0.2) is 0 Å². The monoisotopic (exact) mass is 294 g/mol. The number of aromatic nitrogens is 3. The first-order valence-electron chi connectivity index (χ1n) is 7.27. The van der Waals surface area contributed by atoms with Gasteiger partial charge in [0.1, 0.15) is 0 Å². The van der Waals surface area contributed by atoms with E-state index < -0.39 is 0 Å². The van der Waals surface area contributed by atoms with E-state index in [0.29, 0.717) is 12.0 Å². The first kappa shape index (κ1) is 13.7. The van der Waals surface area contributed by atoms with Crippen molar-refractivity contribution in [2.75, 3.05) is 53.8 Å². The lowest BCUT2D eigenvalue weighted by molar-refractivity contribution is 0.678. The molecule has 2 aliphatic rings. The van der Waals surface area contributed by atoms with Crippen LogP contribution in [0.1, 0.15) is 19.3 Å². The molecule has 20 heavy (non-hydrogen) atoms. The lowest BCUT2D eigenvalue weighted by atomic mass is 10.2. The fourth-order valence-corrected chi connectivity index (χ4v) is 3.94. The summed E-state index contributed by atoms with van der Waals surface area (Å²) in [6.07, 6.45) is 3.66. The first-order chi connectivity index (χ1) is 9.78. The number of thioether (sulfide) groups is 1. The molecule has 1 N–H and O–H groups in total. The highest BCUT2D eigenvalue weighted by atomic mass is 32.2. The zero-order valence-corrected chi connectivity index (χ0v) is 13.0. The van der Waals surface area contributed by atoms with E-state index in [0.717, 1.165) is 30.7 Å². The molecule has 2 saturated heterocycles. The van der Waals surface area contributed by atoms with Gasteiger partial charge in [-0.1, -0.05) is 0 Å². The fraction of sp³-hybridized carbons (Fsp3) is 0.769. The topological polar surface area (TPSA) is 57.2 Å². The van der Waals surface area contributed by atoms with Gasteiger partial charge < -0.3 is 15.1 Å². The zero-order chi connectivity index (χ0) is 13.9. The molecule has 6 nitrogen and oxygen atoms in total. The van der Waals surface area contributed by atoms with E-state index in [9.17, 15) is 0 Å². The highest BCUT2D eigenvalue weighted by Gasteiger charge is 2.24. The van der Waals surface area contributed by atoms with Crippen molar-refractivity contribution in [2.24, 2.45) is 0 Å². The van der Waals surface area contributed by atoms with Crippen LogP contribution in [0.25, 0.3) is 0 Å². The number of hydrogen-bond donors (Lipinski definition) is 1. The van der Waals surface area contributed by atoms with Crippen LogP contribution in [0.5, 0.6) is 0 Å². The van der Waals surface area contributed by atoms with E-state index in [4.69, 9.17) is 0 Å². The minimum absolute atomic E-state index is 0.540. The van der Waals surface area contributed by atoms with Crippen LogP contribution in [-0.4, -0.2) is 59.7 Å². The van der Waals surface area contributed by atoms with Gasteiger partial charge in [-0.2, -0.15) is 26.7 Å². The van der Waals surface area contributed by atoms with E-state index in [1.807, 2.05) is 18.8 Å². The Kier molecular flexibility index (Phi) is 4.14. The molecule has 0 amide bonds. The van der Waals surface area contributed by atoms with Crippen molar-refractivity contribution < 1.29 is 0 Å². The molecule has 0 bridgehead atoms. The van der Waals surface area contributed by atoms with E-state index in [1.54, 1.807) is 0 Å². The van der Waals surface area contributed by atoms with Gasteiger partial charge in [0.25, 0.3) is 0 Å². The van der Waals surface area contributed by atoms with Crippen molar-refractivity contribution >= 4 is 29.6 Å². The number of nitrogens with one attached hydrogen (secondary N) is 1. The van der Waals surface area contributed by atoms with Crippen molar-refractivity contribution in [3.63, 3.8) is 0 Å². The molecule has 2 aliphatic heterocycles. The minimum Gasteiger partial charge on any atom is -0.357 e. The molecule has 3 rings (SSSR count). The SMILES string of the molecule is CNc1nc(N2CCCC2)nc(N(C)C2CCSC2)n1. The Bertz CT molecular complexity index is 456. The Hall–Kier alpha value is -1.24. The Morgan fingerprint density at radius 1 is 1.25 bits per heavy atom. The molecule has 1 atom stereocenters. The summed E-state index contributed by atoms with van der Waals surface area (Å²) in [5.41, 5.74) is 0. The van der Waals surface area contributed by atoms with Crippen molar-refractivity contribution in [3.8, 4) is 0 Å². The van der Waals surface area contributed by atoms with Crippen LogP contribution in [-0.2, 0) is 0 Å². The molecule has 3 heterocycles. The predicted octanol–water partition coefficient (Wildman–Crippen LogP) is 1.46. The number of anilines is 3. The van der Waals surface area contributed by atoms with E-state index in [-0.39, 0.29) is 0 Å². The maximum Gasteiger partial charge on any atom is 0.231 e. The van der Waals surface area contributed by atoms with E-state index >= 15 is 0 Å². The van der Waals surface area contributed by atoms with Crippen LogP contribution < -0.4 is 15.1 Å². The lowest BCUT2D eigenvalue weighted by Crippen LogP contribution is -2.33. The molecule has 7 heteroatoms. The van der Waals surface area contributed by atoms with Gasteiger partial charge in [0.05, 0.1) is 0 Å². The average Bonchev–Trinajstić information content (AvgIpc) is 3.18. The number of rotatable bonds is 4. The minimum atomic E-state index is 0.540. The molecular weight excluding hydrogens is 272 g/mol. The van der Waals surface area contributed by atoms with Crippen molar-refractivity contribution in [2.45, 2.75) is 25.3 Å². The van der Waals surface area contributed by atoms with Crippen LogP contribution in [0.2, 0.25) is 0 Å². The Morgan fingerprint density at radius 3 is 2.70 bits per heavy atom. The standard InChI is InChI=1S/C13H22N6S/c1-14-11-15-12(18(2)10-5-8-20-9-10)17-13(16-11)19-6-3-4-7-19/h10H,3-9H2,1-2H3,(H,14,15,16,17). The largest absolute Gasteiger partial charge is 0.357 e. The van der Waals surface area contributed by atoms with Gasteiger partial charge in [-0.05, 0) is 25.0 Å². The van der Waals surface area contributed by atoms with Crippen molar-refractivity contribution in [1.29, 1.82) is 0 Å². The molecule has 0 radical (unpaired) electrons. The molecule has 0 saturated carbocycles. The highest BCUT2D eigenvalue weighted by molar-refractivity contribution is 7.99. The Labute approximate surface area is 124 Å². The smallest absolute Gasteiger partial charge is 0.231 e. The zero-order valence-electron chi connectivity index (χ0n) is 12.2. The van der Waals surface area contributed by atoms with Crippen molar-refractivity contribution in [1.82, 2.24) is 15.0 Å². The third-order valence-corrected chi connectivity index (χ3v) is 5.14. The number of hydrogen-bond acceptors (Lipinski definition) is 7. The van der Waals surface area contributed by atoms with Gasteiger partial charge in [-0.25, -0.2) is 0 Å². The average molecular weight is 294 g/mol. The quantitative estimate of drug-likeness (QED) is 0.902. The van der Waals surface area contributed by atoms with Gasteiger partial charge in [-0.3, -0.25) is 0 Å². The molecule has 0 aliphatic carbocycles. The summed E-state index contributed by atoms with van der Waals surface area (Å²) in [6, 6.07) is 0.540. The Morgan fingerprint density at radius 2 is 2.05 bits per heavy atom. The normalized spacial score (nSPS) is 22.3. The van der Waals surface area contributed by atoms with Crippen LogP contribution in [0.3, 0.4) is 0 Å². The maximum absolute atomic E-state index is 4.69. The maximum atomic E-state index is 4.69. The van der Waals surface area contributed by atoms with E-state index in [2.05, 4.69) is 37.1 Å². The van der Waals surface area contributed by atoms with Crippen molar-refractivity contribution in [3.05, 3.63) is 0 Å². The highest BCUT2D eigenvalue weighted by Crippen LogP contribution is 2.26. The van der Waals surface area contributed by atoms with Crippen LogP contribution >= 0.6 is 11.8 Å². The molecule has 2 fully saturated rings. The molecule has 0 spiro atoms. The molecule has 1 aromatic rings. The summed E-state index contributed by atoms with van der Waals surface area (Å²) in [7, 11) is 3.96. The predicted molar refractivity (Wildman–Crippen MR) is 85.0 cm³/mol. The number of nitrogens with zero attached hydrogens (tertiary/aromatic N) is 5. The van der Waals surface area contributed by atoms with Gasteiger partial charge in [0, 0.05) is 39.0 Å². The van der Waals surface area contributed by atoms with Crippen LogP contribution in [0.4, 0.5) is 17.8 Å². The van der Waals surface area contributed by atoms with E-state index in [1.165, 1.54) is 25.0 Å². The molecule has 0 aromatic carbocycles. The summed E-state index contributed by atoms with van der Waals surface area (Å²) in [4.78, 5) is 18.2. The molecular formula is C13H22N6S. The second kappa shape index (κ2) is 6.03. The third-order valence-electron chi connectivity index (χ3n) is 3.99. The van der Waals surface area contributed by atoms with Gasteiger partial charge in [-0.15, -0.1) is 0 Å². The molecule has 110 valence electrons. The summed E-state index contributed by atoms with van der Waals surface area (Å²) >= 11 is 2.01. The Balaban J connectivity index is 1.86. The molecule has 1 unspecified atom stereocenters.